The Kier molecular flexibility index (Phi) is 4.94. The Morgan fingerprint density at radius 2 is 2.18 bits per heavy atom. The zero-order valence-electron chi connectivity index (χ0n) is 10.5. The lowest BCUT2D eigenvalue weighted by molar-refractivity contribution is -0.121. The number of amides is 1. The van der Waals surface area contributed by atoms with E-state index >= 15 is 0 Å². The first-order valence-electron chi connectivity index (χ1n) is 5.85. The average molecular weight is 238 g/mol. The molecule has 4 heteroatoms. The van der Waals surface area contributed by atoms with E-state index in [-0.39, 0.29) is 11.7 Å². The molecule has 1 unspecified atom stereocenters. The number of hydrogen-bond donors (Lipinski definition) is 2. The van der Waals surface area contributed by atoms with Crippen molar-refractivity contribution in [3.05, 3.63) is 29.6 Å². The summed E-state index contributed by atoms with van der Waals surface area (Å²) in [6, 6.07) is 4.45. The molecule has 0 aliphatic heterocycles. The molecule has 0 saturated heterocycles. The van der Waals surface area contributed by atoms with E-state index in [1.54, 1.807) is 13.0 Å². The van der Waals surface area contributed by atoms with Crippen molar-refractivity contribution in [2.75, 3.05) is 11.9 Å². The summed E-state index contributed by atoms with van der Waals surface area (Å²) in [4.78, 5) is 11.6. The quantitative estimate of drug-likeness (QED) is 0.827. The number of halogens is 1. The van der Waals surface area contributed by atoms with E-state index in [1.807, 2.05) is 19.9 Å². The summed E-state index contributed by atoms with van der Waals surface area (Å²) in [7, 11) is 0. The number of anilines is 1. The fourth-order valence-corrected chi connectivity index (χ4v) is 1.44. The summed E-state index contributed by atoms with van der Waals surface area (Å²) in [5.41, 5.74) is 1.21. The average Bonchev–Trinajstić information content (AvgIpc) is 2.29. The summed E-state index contributed by atoms with van der Waals surface area (Å²) in [5.74, 6) is -0.452. The van der Waals surface area contributed by atoms with Crippen LogP contribution in [-0.4, -0.2) is 18.5 Å². The normalized spacial score (nSPS) is 12.0. The first-order chi connectivity index (χ1) is 8.04. The molecule has 0 saturated carbocycles. The summed E-state index contributed by atoms with van der Waals surface area (Å²) in [6.07, 6.45) is 0.886. The second-order valence-electron chi connectivity index (χ2n) is 4.14. The first kappa shape index (κ1) is 13.5. The van der Waals surface area contributed by atoms with Crippen LogP contribution in [0, 0.1) is 12.7 Å². The van der Waals surface area contributed by atoms with E-state index in [1.165, 1.54) is 6.07 Å². The molecule has 0 bridgehead atoms. The van der Waals surface area contributed by atoms with Crippen molar-refractivity contribution in [2.24, 2.45) is 0 Å². The standard InChI is InChI=1S/C13H19FN2O/c1-4-7-15-13(17)10(3)16-12-6-5-9(2)8-11(12)14/h5-6,8,10,16H,4,7H2,1-3H3,(H,15,17). The fourth-order valence-electron chi connectivity index (χ4n) is 1.44. The molecule has 0 fully saturated rings. The van der Waals surface area contributed by atoms with Gasteiger partial charge in [-0.15, -0.1) is 0 Å². The Balaban J connectivity index is 2.61. The van der Waals surface area contributed by atoms with Gasteiger partial charge in [0.15, 0.2) is 0 Å². The van der Waals surface area contributed by atoms with E-state index < -0.39 is 6.04 Å². The summed E-state index contributed by atoms with van der Waals surface area (Å²) in [6.45, 7) is 6.16. The lowest BCUT2D eigenvalue weighted by atomic mass is 10.2. The Hall–Kier alpha value is -1.58. The van der Waals surface area contributed by atoms with Gasteiger partial charge in [-0.1, -0.05) is 13.0 Å². The van der Waals surface area contributed by atoms with Gasteiger partial charge in [0.25, 0.3) is 0 Å². The highest BCUT2D eigenvalue weighted by Gasteiger charge is 2.13. The van der Waals surface area contributed by atoms with Crippen molar-refractivity contribution in [1.29, 1.82) is 0 Å². The van der Waals surface area contributed by atoms with Crippen molar-refractivity contribution in [2.45, 2.75) is 33.2 Å². The topological polar surface area (TPSA) is 41.1 Å². The Morgan fingerprint density at radius 3 is 2.76 bits per heavy atom. The second-order valence-corrected chi connectivity index (χ2v) is 4.14. The predicted octanol–water partition coefficient (Wildman–Crippen LogP) is 2.46. The third kappa shape index (κ3) is 4.06. The third-order valence-electron chi connectivity index (χ3n) is 2.44. The van der Waals surface area contributed by atoms with Crippen LogP contribution in [0.1, 0.15) is 25.8 Å². The van der Waals surface area contributed by atoms with Gasteiger partial charge in [0.05, 0.1) is 5.69 Å². The Bertz CT molecular complexity index is 393. The highest BCUT2D eigenvalue weighted by molar-refractivity contribution is 5.84. The third-order valence-corrected chi connectivity index (χ3v) is 2.44. The largest absolute Gasteiger partial charge is 0.372 e. The Morgan fingerprint density at radius 1 is 1.47 bits per heavy atom. The van der Waals surface area contributed by atoms with Gasteiger partial charge in [-0.25, -0.2) is 4.39 Å². The van der Waals surface area contributed by atoms with E-state index in [4.69, 9.17) is 0 Å². The number of rotatable bonds is 5. The summed E-state index contributed by atoms with van der Waals surface area (Å²) >= 11 is 0. The fraction of sp³-hybridized carbons (Fsp3) is 0.462. The van der Waals surface area contributed by atoms with Crippen LogP contribution in [0.2, 0.25) is 0 Å². The maximum Gasteiger partial charge on any atom is 0.242 e. The molecule has 1 rings (SSSR count). The van der Waals surface area contributed by atoms with Crippen molar-refractivity contribution >= 4 is 11.6 Å². The zero-order chi connectivity index (χ0) is 12.8. The summed E-state index contributed by atoms with van der Waals surface area (Å²) in [5, 5.41) is 5.62. The van der Waals surface area contributed by atoms with Crippen LogP contribution in [0.3, 0.4) is 0 Å². The highest BCUT2D eigenvalue weighted by Crippen LogP contribution is 2.16. The molecule has 1 amide bonds. The number of carbonyl (C=O) groups is 1. The number of hydrogen-bond acceptors (Lipinski definition) is 2. The van der Waals surface area contributed by atoms with Crippen LogP contribution < -0.4 is 10.6 Å². The molecule has 0 aromatic heterocycles. The minimum atomic E-state index is -0.446. The molecule has 1 aromatic rings. The first-order valence-corrected chi connectivity index (χ1v) is 5.85. The van der Waals surface area contributed by atoms with Gasteiger partial charge in [-0.3, -0.25) is 4.79 Å². The molecule has 1 atom stereocenters. The number of nitrogens with one attached hydrogen (secondary N) is 2. The SMILES string of the molecule is CCCNC(=O)C(C)Nc1ccc(C)cc1F. The van der Waals surface area contributed by atoms with Crippen LogP contribution in [0.5, 0.6) is 0 Å². The van der Waals surface area contributed by atoms with Crippen molar-refractivity contribution in [1.82, 2.24) is 5.32 Å². The van der Waals surface area contributed by atoms with Crippen molar-refractivity contribution in [3.63, 3.8) is 0 Å². The van der Waals surface area contributed by atoms with Gasteiger partial charge in [0.2, 0.25) is 5.91 Å². The van der Waals surface area contributed by atoms with Crippen LogP contribution >= 0.6 is 0 Å². The monoisotopic (exact) mass is 238 g/mol. The predicted molar refractivity (Wildman–Crippen MR) is 67.5 cm³/mol. The molecular formula is C13H19FN2O. The molecule has 0 radical (unpaired) electrons. The van der Waals surface area contributed by atoms with Gasteiger partial charge < -0.3 is 10.6 Å². The van der Waals surface area contributed by atoms with Crippen LogP contribution in [0.4, 0.5) is 10.1 Å². The van der Waals surface area contributed by atoms with E-state index in [9.17, 15) is 9.18 Å². The molecule has 0 heterocycles. The Labute approximate surface area is 101 Å². The smallest absolute Gasteiger partial charge is 0.242 e. The number of aryl methyl sites for hydroxylation is 1. The molecule has 3 nitrogen and oxygen atoms in total. The van der Waals surface area contributed by atoms with Gasteiger partial charge in [-0.2, -0.15) is 0 Å². The minimum Gasteiger partial charge on any atom is -0.372 e. The van der Waals surface area contributed by atoms with Gasteiger partial charge in [-0.05, 0) is 38.0 Å². The van der Waals surface area contributed by atoms with E-state index in [0.29, 0.717) is 12.2 Å². The van der Waals surface area contributed by atoms with Gasteiger partial charge in [0.1, 0.15) is 11.9 Å². The lowest BCUT2D eigenvalue weighted by Crippen LogP contribution is -2.38. The van der Waals surface area contributed by atoms with Crippen LogP contribution in [0.15, 0.2) is 18.2 Å². The molecule has 0 aliphatic carbocycles. The number of carbonyl (C=O) groups excluding carboxylic acids is 1. The molecule has 0 spiro atoms. The zero-order valence-corrected chi connectivity index (χ0v) is 10.5. The minimum absolute atomic E-state index is 0.119. The second kappa shape index (κ2) is 6.23. The van der Waals surface area contributed by atoms with E-state index in [2.05, 4.69) is 10.6 Å². The van der Waals surface area contributed by atoms with Crippen LogP contribution in [-0.2, 0) is 4.79 Å². The maximum absolute atomic E-state index is 13.5. The van der Waals surface area contributed by atoms with Gasteiger partial charge in [0, 0.05) is 6.54 Å². The molecule has 94 valence electrons. The van der Waals surface area contributed by atoms with Crippen molar-refractivity contribution < 1.29 is 9.18 Å². The summed E-state index contributed by atoms with van der Waals surface area (Å²) < 4.78 is 13.5. The van der Waals surface area contributed by atoms with Crippen LogP contribution in [0.25, 0.3) is 0 Å². The van der Waals surface area contributed by atoms with Crippen molar-refractivity contribution in [3.8, 4) is 0 Å². The van der Waals surface area contributed by atoms with Gasteiger partial charge >= 0.3 is 0 Å². The lowest BCUT2D eigenvalue weighted by Gasteiger charge is -2.15. The molecule has 17 heavy (non-hydrogen) atoms. The maximum atomic E-state index is 13.5. The highest BCUT2D eigenvalue weighted by atomic mass is 19.1. The molecule has 0 aliphatic rings. The molecule has 1 aromatic carbocycles. The molecule has 2 N–H and O–H groups in total. The van der Waals surface area contributed by atoms with E-state index in [0.717, 1.165) is 12.0 Å². The number of benzene rings is 1. The molecular weight excluding hydrogens is 219 g/mol.